The van der Waals surface area contributed by atoms with Crippen molar-refractivity contribution in [3.05, 3.63) is 48.0 Å². The molecule has 25 heavy (non-hydrogen) atoms. The van der Waals surface area contributed by atoms with E-state index in [1.165, 1.54) is 5.56 Å². The largest absolute Gasteiger partial charge is 0.354 e. The first-order valence-corrected chi connectivity index (χ1v) is 9.14. The molecule has 1 aromatic heterocycles. The molecule has 1 N–H and O–H groups in total. The van der Waals surface area contributed by atoms with Crippen molar-refractivity contribution < 1.29 is 0 Å². The lowest BCUT2D eigenvalue weighted by molar-refractivity contribution is 0.470. The van der Waals surface area contributed by atoms with Crippen molar-refractivity contribution in [3.8, 4) is 0 Å². The highest BCUT2D eigenvalue weighted by molar-refractivity contribution is 5.79. The first kappa shape index (κ1) is 19.0. The zero-order chi connectivity index (χ0) is 17.9. The normalized spacial score (nSPS) is 11.6. The van der Waals surface area contributed by atoms with Crippen LogP contribution in [0.3, 0.4) is 0 Å². The molecular formula is C19H30N6. The maximum atomic E-state index is 4.76. The number of guanidine groups is 1. The van der Waals surface area contributed by atoms with Crippen LogP contribution in [0.15, 0.2) is 41.7 Å². The second kappa shape index (κ2) is 10.5. The first-order chi connectivity index (χ1) is 12.2. The van der Waals surface area contributed by atoms with Gasteiger partial charge in [-0.05, 0) is 12.0 Å². The van der Waals surface area contributed by atoms with Crippen LogP contribution in [-0.4, -0.2) is 45.8 Å². The summed E-state index contributed by atoms with van der Waals surface area (Å²) in [5.41, 5.74) is 1.28. The molecule has 0 saturated carbocycles. The Morgan fingerprint density at radius 2 is 2.04 bits per heavy atom. The SMILES string of the molecule is CCCCN=C(NCCn1cnnc1CC)N(C)Cc1ccccc1. The van der Waals surface area contributed by atoms with Gasteiger partial charge in [0.1, 0.15) is 12.2 Å². The number of hydrogen-bond acceptors (Lipinski definition) is 3. The van der Waals surface area contributed by atoms with Gasteiger partial charge in [0.15, 0.2) is 5.96 Å². The fraction of sp³-hybridized carbons (Fsp3) is 0.526. The molecule has 0 amide bonds. The second-order valence-corrected chi connectivity index (χ2v) is 6.12. The Balaban J connectivity index is 1.93. The molecular weight excluding hydrogens is 312 g/mol. The number of rotatable bonds is 9. The van der Waals surface area contributed by atoms with Crippen LogP contribution in [0.2, 0.25) is 0 Å². The van der Waals surface area contributed by atoms with Crippen LogP contribution >= 0.6 is 0 Å². The van der Waals surface area contributed by atoms with E-state index in [1.54, 1.807) is 6.33 Å². The lowest BCUT2D eigenvalue weighted by atomic mass is 10.2. The van der Waals surface area contributed by atoms with Gasteiger partial charge in [0, 0.05) is 39.6 Å². The average Bonchev–Trinajstić information content (AvgIpc) is 3.09. The number of hydrogen-bond donors (Lipinski definition) is 1. The van der Waals surface area contributed by atoms with Gasteiger partial charge in [-0.3, -0.25) is 4.99 Å². The fourth-order valence-electron chi connectivity index (χ4n) is 2.61. The van der Waals surface area contributed by atoms with Gasteiger partial charge in [-0.1, -0.05) is 50.6 Å². The predicted molar refractivity (Wildman–Crippen MR) is 103 cm³/mol. The topological polar surface area (TPSA) is 58.3 Å². The zero-order valence-electron chi connectivity index (χ0n) is 15.6. The molecule has 0 spiro atoms. The van der Waals surface area contributed by atoms with Crippen LogP contribution in [-0.2, 0) is 19.5 Å². The number of aliphatic imine (C=N–C) groups is 1. The van der Waals surface area contributed by atoms with Crippen molar-refractivity contribution in [1.82, 2.24) is 25.0 Å². The lowest BCUT2D eigenvalue weighted by Gasteiger charge is -2.23. The van der Waals surface area contributed by atoms with E-state index >= 15 is 0 Å². The molecule has 1 aromatic carbocycles. The standard InChI is InChI=1S/C19H30N6/c1-4-6-12-20-19(24(3)15-17-10-8-7-9-11-17)21-13-14-25-16-22-23-18(25)5-2/h7-11,16H,4-6,12-15H2,1-3H3,(H,20,21). The van der Waals surface area contributed by atoms with Crippen molar-refractivity contribution in [2.45, 2.75) is 46.2 Å². The number of aryl methyl sites for hydroxylation is 1. The fourth-order valence-corrected chi connectivity index (χ4v) is 2.61. The van der Waals surface area contributed by atoms with Crippen LogP contribution in [0.4, 0.5) is 0 Å². The summed E-state index contributed by atoms with van der Waals surface area (Å²) in [7, 11) is 2.08. The minimum atomic E-state index is 0.801. The average molecular weight is 342 g/mol. The number of benzene rings is 1. The van der Waals surface area contributed by atoms with Crippen molar-refractivity contribution in [3.63, 3.8) is 0 Å². The Morgan fingerprint density at radius 1 is 1.24 bits per heavy atom. The van der Waals surface area contributed by atoms with E-state index in [4.69, 9.17) is 4.99 Å². The van der Waals surface area contributed by atoms with Gasteiger partial charge >= 0.3 is 0 Å². The maximum absolute atomic E-state index is 4.76. The monoisotopic (exact) mass is 342 g/mol. The zero-order valence-corrected chi connectivity index (χ0v) is 15.6. The molecule has 2 rings (SSSR count). The molecule has 136 valence electrons. The van der Waals surface area contributed by atoms with E-state index in [0.717, 1.165) is 57.2 Å². The molecule has 6 heteroatoms. The molecule has 0 saturated heterocycles. The smallest absolute Gasteiger partial charge is 0.194 e. The molecule has 0 aliphatic rings. The minimum absolute atomic E-state index is 0.801. The third kappa shape index (κ3) is 6.21. The Hall–Kier alpha value is -2.37. The molecule has 6 nitrogen and oxygen atoms in total. The Bertz CT molecular complexity index is 634. The highest BCUT2D eigenvalue weighted by Gasteiger charge is 2.08. The maximum Gasteiger partial charge on any atom is 0.194 e. The molecule has 1 heterocycles. The summed E-state index contributed by atoms with van der Waals surface area (Å²) in [4.78, 5) is 6.94. The lowest BCUT2D eigenvalue weighted by Crippen LogP contribution is -2.40. The molecule has 0 unspecified atom stereocenters. The molecule has 2 aromatic rings. The van der Waals surface area contributed by atoms with Gasteiger partial charge < -0.3 is 14.8 Å². The molecule has 0 atom stereocenters. The highest BCUT2D eigenvalue weighted by atomic mass is 15.3. The van der Waals surface area contributed by atoms with E-state index in [0.29, 0.717) is 0 Å². The van der Waals surface area contributed by atoms with Crippen LogP contribution in [0, 0.1) is 0 Å². The van der Waals surface area contributed by atoms with E-state index in [9.17, 15) is 0 Å². The number of aromatic nitrogens is 3. The Morgan fingerprint density at radius 3 is 2.76 bits per heavy atom. The van der Waals surface area contributed by atoms with Gasteiger partial charge in [-0.25, -0.2) is 0 Å². The van der Waals surface area contributed by atoms with E-state index in [2.05, 4.69) is 70.1 Å². The molecule has 0 radical (unpaired) electrons. The van der Waals surface area contributed by atoms with Crippen molar-refractivity contribution in [2.24, 2.45) is 4.99 Å². The van der Waals surface area contributed by atoms with Gasteiger partial charge in [-0.15, -0.1) is 10.2 Å². The second-order valence-electron chi connectivity index (χ2n) is 6.12. The summed E-state index contributed by atoms with van der Waals surface area (Å²) in [6, 6.07) is 10.5. The highest BCUT2D eigenvalue weighted by Crippen LogP contribution is 2.03. The summed E-state index contributed by atoms with van der Waals surface area (Å²) < 4.78 is 2.09. The number of unbranched alkanes of at least 4 members (excludes halogenated alkanes) is 1. The molecule has 0 bridgehead atoms. The summed E-state index contributed by atoms with van der Waals surface area (Å²) in [5.74, 6) is 1.97. The Kier molecular flexibility index (Phi) is 7.95. The molecule has 0 aliphatic carbocycles. The van der Waals surface area contributed by atoms with Crippen LogP contribution in [0.5, 0.6) is 0 Å². The van der Waals surface area contributed by atoms with Crippen LogP contribution in [0.25, 0.3) is 0 Å². The van der Waals surface area contributed by atoms with E-state index < -0.39 is 0 Å². The van der Waals surface area contributed by atoms with Gasteiger partial charge in [0.2, 0.25) is 0 Å². The molecule has 0 fully saturated rings. The molecule has 0 aliphatic heterocycles. The number of nitrogens with zero attached hydrogens (tertiary/aromatic N) is 5. The van der Waals surface area contributed by atoms with E-state index in [1.807, 2.05) is 6.07 Å². The van der Waals surface area contributed by atoms with E-state index in [-0.39, 0.29) is 0 Å². The first-order valence-electron chi connectivity index (χ1n) is 9.14. The number of nitrogens with one attached hydrogen (secondary N) is 1. The van der Waals surface area contributed by atoms with Crippen LogP contribution < -0.4 is 5.32 Å². The van der Waals surface area contributed by atoms with Gasteiger partial charge in [-0.2, -0.15) is 0 Å². The summed E-state index contributed by atoms with van der Waals surface area (Å²) in [6.45, 7) is 7.61. The van der Waals surface area contributed by atoms with Crippen molar-refractivity contribution in [1.29, 1.82) is 0 Å². The predicted octanol–water partition coefficient (Wildman–Crippen LogP) is 2.72. The third-order valence-electron chi connectivity index (χ3n) is 4.05. The summed E-state index contributed by atoms with van der Waals surface area (Å²) in [6.07, 6.45) is 4.95. The van der Waals surface area contributed by atoms with Crippen LogP contribution in [0.1, 0.15) is 38.1 Å². The third-order valence-corrected chi connectivity index (χ3v) is 4.05. The minimum Gasteiger partial charge on any atom is -0.354 e. The van der Waals surface area contributed by atoms with Gasteiger partial charge in [0.25, 0.3) is 0 Å². The summed E-state index contributed by atoms with van der Waals surface area (Å²) >= 11 is 0. The van der Waals surface area contributed by atoms with Gasteiger partial charge in [0.05, 0.1) is 0 Å². The van der Waals surface area contributed by atoms with Crippen molar-refractivity contribution >= 4 is 5.96 Å². The summed E-state index contributed by atoms with van der Waals surface area (Å²) in [5, 5.41) is 11.6. The quantitative estimate of drug-likeness (QED) is 0.432. The Labute approximate surface area is 151 Å². The van der Waals surface area contributed by atoms with Crippen molar-refractivity contribution in [2.75, 3.05) is 20.1 Å².